The van der Waals surface area contributed by atoms with Gasteiger partial charge in [-0.25, -0.2) is 4.68 Å². The molecule has 0 aliphatic carbocycles. The zero-order chi connectivity index (χ0) is 20.3. The maximum atomic E-state index is 12.7. The lowest BCUT2D eigenvalue weighted by molar-refractivity contribution is -0.384. The van der Waals surface area contributed by atoms with E-state index in [1.54, 1.807) is 18.2 Å². The van der Waals surface area contributed by atoms with Gasteiger partial charge in [-0.2, -0.15) is 5.10 Å². The van der Waals surface area contributed by atoms with E-state index in [1.807, 2.05) is 39.0 Å². The molecule has 0 fully saturated rings. The molecule has 7 heteroatoms. The normalized spacial score (nSPS) is 10.7. The van der Waals surface area contributed by atoms with Gasteiger partial charge in [0.05, 0.1) is 16.3 Å². The van der Waals surface area contributed by atoms with Crippen molar-refractivity contribution in [2.24, 2.45) is 0 Å². The summed E-state index contributed by atoms with van der Waals surface area (Å²) in [5.41, 5.74) is 4.86. The average molecular weight is 378 g/mol. The lowest BCUT2D eigenvalue weighted by Crippen LogP contribution is -2.26. The summed E-state index contributed by atoms with van der Waals surface area (Å²) >= 11 is 0. The van der Waals surface area contributed by atoms with Crippen LogP contribution in [0.2, 0.25) is 0 Å². The molecule has 0 saturated carbocycles. The van der Waals surface area contributed by atoms with Crippen molar-refractivity contribution >= 4 is 11.6 Å². The number of nitro benzene ring substituents is 1. The molecule has 0 unspecified atom stereocenters. The fourth-order valence-electron chi connectivity index (χ4n) is 2.83. The molecule has 3 rings (SSSR count). The number of carbonyl (C=O) groups excluding carboxylic acids is 1. The molecule has 1 N–H and O–H groups in total. The highest BCUT2D eigenvalue weighted by atomic mass is 16.6. The topological polar surface area (TPSA) is 90.1 Å². The standard InChI is InChI=1S/C21H22N4O3/c1-4-11-22-21(26)20-13-19(16-6-5-14(2)15(3)12-16)23-24(20)17-7-9-18(10-8-17)25(27)28/h5-10,12-13H,4,11H2,1-3H3,(H,22,26). The van der Waals surface area contributed by atoms with Gasteiger partial charge in [0, 0.05) is 24.2 Å². The highest BCUT2D eigenvalue weighted by Gasteiger charge is 2.18. The lowest BCUT2D eigenvalue weighted by Gasteiger charge is -2.07. The predicted octanol–water partition coefficient (Wildman–Crippen LogP) is 4.20. The SMILES string of the molecule is CCCNC(=O)c1cc(-c2ccc(C)c(C)c2)nn1-c1ccc([N+](=O)[O-])cc1. The number of carbonyl (C=O) groups is 1. The number of nitrogens with zero attached hydrogens (tertiary/aromatic N) is 3. The fraction of sp³-hybridized carbons (Fsp3) is 0.238. The van der Waals surface area contributed by atoms with E-state index in [9.17, 15) is 14.9 Å². The average Bonchev–Trinajstić information content (AvgIpc) is 3.13. The van der Waals surface area contributed by atoms with Crippen molar-refractivity contribution in [1.82, 2.24) is 15.1 Å². The first-order valence-electron chi connectivity index (χ1n) is 9.11. The molecular formula is C21H22N4O3. The van der Waals surface area contributed by atoms with E-state index in [4.69, 9.17) is 0 Å². The molecule has 0 bridgehead atoms. The van der Waals surface area contributed by atoms with Gasteiger partial charge in [0.15, 0.2) is 0 Å². The van der Waals surface area contributed by atoms with Gasteiger partial charge in [-0.05, 0) is 55.7 Å². The van der Waals surface area contributed by atoms with Crippen LogP contribution in [0.4, 0.5) is 5.69 Å². The monoisotopic (exact) mass is 378 g/mol. The van der Waals surface area contributed by atoms with Crippen LogP contribution < -0.4 is 5.32 Å². The Kier molecular flexibility index (Phi) is 5.54. The molecule has 0 radical (unpaired) electrons. The smallest absolute Gasteiger partial charge is 0.270 e. The summed E-state index contributed by atoms with van der Waals surface area (Å²) in [6.07, 6.45) is 0.821. The van der Waals surface area contributed by atoms with Gasteiger partial charge in [-0.15, -0.1) is 0 Å². The van der Waals surface area contributed by atoms with Crippen molar-refractivity contribution in [2.45, 2.75) is 27.2 Å². The Bertz CT molecular complexity index is 1020. The molecule has 3 aromatic rings. The molecule has 0 atom stereocenters. The van der Waals surface area contributed by atoms with Crippen LogP contribution in [0.25, 0.3) is 16.9 Å². The molecule has 28 heavy (non-hydrogen) atoms. The van der Waals surface area contributed by atoms with Crippen molar-refractivity contribution in [3.8, 4) is 16.9 Å². The first-order chi connectivity index (χ1) is 13.4. The Morgan fingerprint density at radius 2 is 1.82 bits per heavy atom. The third-order valence-electron chi connectivity index (χ3n) is 4.59. The summed E-state index contributed by atoms with van der Waals surface area (Å²) in [6, 6.07) is 13.8. The second-order valence-electron chi connectivity index (χ2n) is 6.66. The van der Waals surface area contributed by atoms with Crippen LogP contribution in [0.5, 0.6) is 0 Å². The van der Waals surface area contributed by atoms with E-state index in [0.29, 0.717) is 23.6 Å². The summed E-state index contributed by atoms with van der Waals surface area (Å²) < 4.78 is 1.53. The summed E-state index contributed by atoms with van der Waals surface area (Å²) in [4.78, 5) is 23.1. The minimum Gasteiger partial charge on any atom is -0.351 e. The Morgan fingerprint density at radius 3 is 2.43 bits per heavy atom. The predicted molar refractivity (Wildman–Crippen MR) is 108 cm³/mol. The minimum atomic E-state index is -0.456. The zero-order valence-corrected chi connectivity index (χ0v) is 16.1. The van der Waals surface area contributed by atoms with Crippen LogP contribution in [-0.4, -0.2) is 27.2 Å². The molecule has 1 amide bonds. The molecular weight excluding hydrogens is 356 g/mol. The number of benzene rings is 2. The Hall–Kier alpha value is -3.48. The second-order valence-corrected chi connectivity index (χ2v) is 6.66. The first-order valence-corrected chi connectivity index (χ1v) is 9.11. The summed E-state index contributed by atoms with van der Waals surface area (Å²) in [7, 11) is 0. The van der Waals surface area contributed by atoms with E-state index in [2.05, 4.69) is 10.4 Å². The summed E-state index contributed by atoms with van der Waals surface area (Å²) in [6.45, 7) is 6.61. The van der Waals surface area contributed by atoms with Crippen molar-refractivity contribution in [1.29, 1.82) is 0 Å². The summed E-state index contributed by atoms with van der Waals surface area (Å²) in [5.74, 6) is -0.234. The summed E-state index contributed by atoms with van der Waals surface area (Å²) in [5, 5.41) is 18.4. The highest BCUT2D eigenvalue weighted by molar-refractivity contribution is 5.94. The Morgan fingerprint density at radius 1 is 1.11 bits per heavy atom. The van der Waals surface area contributed by atoms with Crippen molar-refractivity contribution in [3.63, 3.8) is 0 Å². The van der Waals surface area contributed by atoms with E-state index >= 15 is 0 Å². The highest BCUT2D eigenvalue weighted by Crippen LogP contribution is 2.25. The van der Waals surface area contributed by atoms with Gasteiger partial charge >= 0.3 is 0 Å². The number of nitrogens with one attached hydrogen (secondary N) is 1. The van der Waals surface area contributed by atoms with Crippen molar-refractivity contribution in [3.05, 3.63) is 75.5 Å². The van der Waals surface area contributed by atoms with E-state index in [-0.39, 0.29) is 11.6 Å². The van der Waals surface area contributed by atoms with Gasteiger partial charge in [-0.3, -0.25) is 14.9 Å². The third-order valence-corrected chi connectivity index (χ3v) is 4.59. The fourth-order valence-corrected chi connectivity index (χ4v) is 2.83. The number of hydrogen-bond acceptors (Lipinski definition) is 4. The van der Waals surface area contributed by atoms with Crippen LogP contribution in [0.1, 0.15) is 35.0 Å². The van der Waals surface area contributed by atoms with Crippen LogP contribution in [0, 0.1) is 24.0 Å². The van der Waals surface area contributed by atoms with E-state index in [0.717, 1.165) is 17.5 Å². The van der Waals surface area contributed by atoms with Gasteiger partial charge < -0.3 is 5.32 Å². The van der Waals surface area contributed by atoms with Crippen LogP contribution in [0.3, 0.4) is 0 Å². The van der Waals surface area contributed by atoms with E-state index in [1.165, 1.54) is 22.4 Å². The van der Waals surface area contributed by atoms with Crippen molar-refractivity contribution in [2.75, 3.05) is 6.54 Å². The number of aryl methyl sites for hydroxylation is 2. The third kappa shape index (κ3) is 3.93. The Balaban J connectivity index is 2.08. The molecule has 1 heterocycles. The molecule has 7 nitrogen and oxygen atoms in total. The number of non-ortho nitro benzene ring substituents is 1. The van der Waals surface area contributed by atoms with Gasteiger partial charge in [0.2, 0.25) is 0 Å². The number of aromatic nitrogens is 2. The van der Waals surface area contributed by atoms with Gasteiger partial charge in [0.1, 0.15) is 5.69 Å². The largest absolute Gasteiger partial charge is 0.351 e. The number of hydrogen-bond donors (Lipinski definition) is 1. The van der Waals surface area contributed by atoms with Crippen molar-refractivity contribution < 1.29 is 9.72 Å². The van der Waals surface area contributed by atoms with Gasteiger partial charge in [0.25, 0.3) is 11.6 Å². The van der Waals surface area contributed by atoms with Gasteiger partial charge in [-0.1, -0.05) is 19.1 Å². The number of nitro groups is 1. The number of rotatable bonds is 6. The zero-order valence-electron chi connectivity index (χ0n) is 16.1. The van der Waals surface area contributed by atoms with Crippen LogP contribution in [-0.2, 0) is 0 Å². The van der Waals surface area contributed by atoms with Crippen LogP contribution in [0.15, 0.2) is 48.5 Å². The molecule has 0 spiro atoms. The first kappa shape index (κ1) is 19.3. The maximum Gasteiger partial charge on any atom is 0.270 e. The number of amides is 1. The molecule has 1 aromatic heterocycles. The maximum absolute atomic E-state index is 12.7. The van der Waals surface area contributed by atoms with Crippen LogP contribution >= 0.6 is 0 Å². The molecule has 144 valence electrons. The lowest BCUT2D eigenvalue weighted by atomic mass is 10.0. The van der Waals surface area contributed by atoms with E-state index < -0.39 is 4.92 Å². The molecule has 0 saturated heterocycles. The second kappa shape index (κ2) is 8.04. The molecule has 0 aliphatic heterocycles. The minimum absolute atomic E-state index is 0.0118. The molecule has 0 aliphatic rings. The quantitative estimate of drug-likeness (QED) is 0.514. The molecule has 2 aromatic carbocycles. The Labute approximate surface area is 163 Å².